The zero-order chi connectivity index (χ0) is 17.9. The second kappa shape index (κ2) is 7.24. The quantitative estimate of drug-likeness (QED) is 0.891. The van der Waals surface area contributed by atoms with Crippen molar-refractivity contribution in [2.24, 2.45) is 5.92 Å². The number of anilines is 1. The fourth-order valence-corrected chi connectivity index (χ4v) is 4.23. The summed E-state index contributed by atoms with van der Waals surface area (Å²) in [6.45, 7) is 0.393. The molecule has 1 atom stereocenters. The molecule has 9 heteroatoms. The summed E-state index contributed by atoms with van der Waals surface area (Å²) in [4.78, 5) is 20.2. The van der Waals surface area contributed by atoms with Crippen molar-refractivity contribution in [3.05, 3.63) is 48.5 Å². The van der Waals surface area contributed by atoms with E-state index >= 15 is 0 Å². The van der Waals surface area contributed by atoms with Crippen LogP contribution in [0.25, 0.3) is 0 Å². The Hall–Kier alpha value is -2.39. The Balaban J connectivity index is 1.72. The van der Waals surface area contributed by atoms with E-state index in [1.807, 2.05) is 0 Å². The van der Waals surface area contributed by atoms with Crippen LogP contribution < -0.4 is 5.32 Å². The lowest BCUT2D eigenvalue weighted by atomic mass is 9.99. The van der Waals surface area contributed by atoms with E-state index in [1.54, 1.807) is 6.07 Å². The average Bonchev–Trinajstić information content (AvgIpc) is 2.63. The summed E-state index contributed by atoms with van der Waals surface area (Å²) in [7, 11) is -3.76. The van der Waals surface area contributed by atoms with Crippen molar-refractivity contribution in [1.29, 1.82) is 0 Å². The summed E-state index contributed by atoms with van der Waals surface area (Å²) in [5.74, 6) is -1.12. The topological polar surface area (TPSA) is 92.3 Å². The number of carbonyl (C=O) groups excluding carboxylic acids is 1. The van der Waals surface area contributed by atoms with Crippen LogP contribution in [0.4, 0.5) is 10.3 Å². The summed E-state index contributed by atoms with van der Waals surface area (Å²) in [5, 5.41) is 2.60. The third kappa shape index (κ3) is 3.99. The van der Waals surface area contributed by atoms with Gasteiger partial charge in [-0.25, -0.2) is 22.8 Å². The zero-order valence-electron chi connectivity index (χ0n) is 13.3. The molecule has 2 aromatic rings. The van der Waals surface area contributed by atoms with Gasteiger partial charge in [0.2, 0.25) is 21.9 Å². The van der Waals surface area contributed by atoms with Crippen LogP contribution in [0.15, 0.2) is 47.6 Å². The van der Waals surface area contributed by atoms with Gasteiger partial charge in [0.05, 0.1) is 10.8 Å². The summed E-state index contributed by atoms with van der Waals surface area (Å²) >= 11 is 0. The Morgan fingerprint density at radius 3 is 2.56 bits per heavy atom. The van der Waals surface area contributed by atoms with E-state index in [2.05, 4.69) is 15.3 Å². The molecule has 132 valence electrons. The minimum atomic E-state index is -3.76. The summed E-state index contributed by atoms with van der Waals surface area (Å²) in [6.07, 6.45) is 4.16. The molecule has 0 spiro atoms. The predicted octanol–water partition coefficient (Wildman–Crippen LogP) is 1.66. The average molecular weight is 364 g/mol. The number of nitrogens with zero attached hydrogens (tertiary/aromatic N) is 3. The predicted molar refractivity (Wildman–Crippen MR) is 88.5 cm³/mol. The minimum Gasteiger partial charge on any atom is -0.294 e. The molecule has 25 heavy (non-hydrogen) atoms. The number of rotatable bonds is 4. The van der Waals surface area contributed by atoms with Gasteiger partial charge in [0.1, 0.15) is 5.82 Å². The molecular formula is C16H17FN4O3S. The molecule has 2 heterocycles. The van der Waals surface area contributed by atoms with Crippen LogP contribution in [0.5, 0.6) is 0 Å². The Bertz CT molecular complexity index is 843. The Morgan fingerprint density at radius 1 is 1.20 bits per heavy atom. The molecule has 1 aromatic carbocycles. The van der Waals surface area contributed by atoms with E-state index in [1.165, 1.54) is 28.8 Å². The number of piperidine rings is 1. The Labute approximate surface area is 145 Å². The van der Waals surface area contributed by atoms with Gasteiger partial charge >= 0.3 is 0 Å². The van der Waals surface area contributed by atoms with Gasteiger partial charge < -0.3 is 0 Å². The van der Waals surface area contributed by atoms with Crippen LogP contribution in [0, 0.1) is 11.7 Å². The first-order chi connectivity index (χ1) is 12.0. The molecule has 1 amide bonds. The highest BCUT2D eigenvalue weighted by atomic mass is 32.2. The minimum absolute atomic E-state index is 0.0151. The smallest absolute Gasteiger partial charge is 0.243 e. The number of halogens is 1. The van der Waals surface area contributed by atoms with Crippen LogP contribution in [0.2, 0.25) is 0 Å². The maximum absolute atomic E-state index is 13.0. The van der Waals surface area contributed by atoms with Gasteiger partial charge in [-0.2, -0.15) is 4.31 Å². The number of hydrogen-bond donors (Lipinski definition) is 1. The first-order valence-electron chi connectivity index (χ1n) is 7.80. The van der Waals surface area contributed by atoms with Crippen LogP contribution >= 0.6 is 0 Å². The molecule has 1 aliphatic heterocycles. The van der Waals surface area contributed by atoms with Crippen molar-refractivity contribution in [2.45, 2.75) is 17.7 Å². The highest BCUT2D eigenvalue weighted by Gasteiger charge is 2.33. The number of aromatic nitrogens is 2. The van der Waals surface area contributed by atoms with E-state index in [0.29, 0.717) is 19.4 Å². The molecular weight excluding hydrogens is 347 g/mol. The van der Waals surface area contributed by atoms with Crippen LogP contribution in [0.1, 0.15) is 12.8 Å². The van der Waals surface area contributed by atoms with E-state index < -0.39 is 21.8 Å². The van der Waals surface area contributed by atoms with E-state index in [-0.39, 0.29) is 23.3 Å². The standard InChI is InChI=1S/C16H17FN4O3S/c17-13-4-6-14(7-5-13)25(23,24)21-10-1-3-12(11-21)15(22)20-16-18-8-2-9-19-16/h2,4-9,12H,1,3,10-11H2,(H,18,19,20,22)/t12-/m1/s1. The SMILES string of the molecule is O=C(Nc1ncccn1)[C@@H]1CCCN(S(=O)(=O)c2ccc(F)cc2)C1. The lowest BCUT2D eigenvalue weighted by molar-refractivity contribution is -0.120. The number of nitrogens with one attached hydrogen (secondary N) is 1. The molecule has 1 fully saturated rings. The van der Waals surface area contributed by atoms with Gasteiger partial charge in [-0.1, -0.05) is 0 Å². The molecule has 0 radical (unpaired) electrons. The molecule has 1 aromatic heterocycles. The first kappa shape index (κ1) is 17.4. The third-order valence-electron chi connectivity index (χ3n) is 4.01. The van der Waals surface area contributed by atoms with Gasteiger partial charge in [-0.3, -0.25) is 10.1 Å². The van der Waals surface area contributed by atoms with Crippen LogP contribution in [-0.2, 0) is 14.8 Å². The monoisotopic (exact) mass is 364 g/mol. The maximum Gasteiger partial charge on any atom is 0.243 e. The molecule has 0 aliphatic carbocycles. The van der Waals surface area contributed by atoms with Crippen molar-refractivity contribution in [3.8, 4) is 0 Å². The second-order valence-corrected chi connectivity index (χ2v) is 7.66. The Morgan fingerprint density at radius 2 is 1.88 bits per heavy atom. The maximum atomic E-state index is 13.0. The molecule has 1 N–H and O–H groups in total. The highest BCUT2D eigenvalue weighted by Crippen LogP contribution is 2.24. The van der Waals surface area contributed by atoms with Gasteiger partial charge in [-0.05, 0) is 43.2 Å². The second-order valence-electron chi connectivity index (χ2n) is 5.72. The summed E-state index contributed by atoms with van der Waals surface area (Å²) < 4.78 is 39.6. The zero-order valence-corrected chi connectivity index (χ0v) is 14.1. The third-order valence-corrected chi connectivity index (χ3v) is 5.89. The van der Waals surface area contributed by atoms with Crippen molar-refractivity contribution in [1.82, 2.24) is 14.3 Å². The fourth-order valence-electron chi connectivity index (χ4n) is 2.71. The molecule has 1 saturated heterocycles. The van der Waals surface area contributed by atoms with Gasteiger partial charge in [0.15, 0.2) is 0 Å². The molecule has 1 aliphatic rings. The molecule has 0 unspecified atom stereocenters. The molecule has 7 nitrogen and oxygen atoms in total. The molecule has 3 rings (SSSR count). The normalized spacial score (nSPS) is 18.7. The van der Waals surface area contributed by atoms with E-state index in [9.17, 15) is 17.6 Å². The number of carbonyl (C=O) groups is 1. The molecule has 0 saturated carbocycles. The number of hydrogen-bond acceptors (Lipinski definition) is 5. The van der Waals surface area contributed by atoms with Crippen LogP contribution in [0.3, 0.4) is 0 Å². The highest BCUT2D eigenvalue weighted by molar-refractivity contribution is 7.89. The van der Waals surface area contributed by atoms with Gasteiger partial charge in [0.25, 0.3) is 0 Å². The lowest BCUT2D eigenvalue weighted by Gasteiger charge is -2.31. The summed E-state index contributed by atoms with van der Waals surface area (Å²) in [5.41, 5.74) is 0. The lowest BCUT2D eigenvalue weighted by Crippen LogP contribution is -2.43. The number of amides is 1. The van der Waals surface area contributed by atoms with Gasteiger partial charge in [0, 0.05) is 25.5 Å². The first-order valence-corrected chi connectivity index (χ1v) is 9.24. The number of benzene rings is 1. The van der Waals surface area contributed by atoms with E-state index in [0.717, 1.165) is 12.1 Å². The van der Waals surface area contributed by atoms with Crippen molar-refractivity contribution in [3.63, 3.8) is 0 Å². The molecule has 0 bridgehead atoms. The van der Waals surface area contributed by atoms with Crippen molar-refractivity contribution in [2.75, 3.05) is 18.4 Å². The van der Waals surface area contributed by atoms with Gasteiger partial charge in [-0.15, -0.1) is 0 Å². The largest absolute Gasteiger partial charge is 0.294 e. The van der Waals surface area contributed by atoms with Crippen LogP contribution in [-0.4, -0.2) is 41.7 Å². The summed E-state index contributed by atoms with van der Waals surface area (Å²) in [6, 6.07) is 6.30. The number of sulfonamides is 1. The van der Waals surface area contributed by atoms with Crippen molar-refractivity contribution < 1.29 is 17.6 Å². The van der Waals surface area contributed by atoms with E-state index in [4.69, 9.17) is 0 Å². The fraction of sp³-hybridized carbons (Fsp3) is 0.312. The van der Waals surface area contributed by atoms with Crippen molar-refractivity contribution >= 4 is 21.9 Å². The Kier molecular flexibility index (Phi) is 5.05.